The molecule has 0 aromatic carbocycles. The molecule has 0 N–H and O–H groups in total. The van der Waals surface area contributed by atoms with E-state index in [0.29, 0.717) is 0 Å². The van der Waals surface area contributed by atoms with Crippen LogP contribution in [0.5, 0.6) is 0 Å². The predicted octanol–water partition coefficient (Wildman–Crippen LogP) is 1.68. The fourth-order valence-corrected chi connectivity index (χ4v) is 0.161. The third-order valence-electron chi connectivity index (χ3n) is 0.515. The Balaban J connectivity index is 0. The average molecular weight is 230 g/mol. The van der Waals surface area contributed by atoms with Crippen LogP contribution in [0.15, 0.2) is 0 Å². The first kappa shape index (κ1) is 13.4. The molecule has 0 aromatic rings. The van der Waals surface area contributed by atoms with Gasteiger partial charge in [-0.3, -0.25) is 4.79 Å². The van der Waals surface area contributed by atoms with E-state index in [4.69, 9.17) is 0 Å². The van der Waals surface area contributed by atoms with Crippen molar-refractivity contribution in [2.75, 3.05) is 0 Å². The summed E-state index contributed by atoms with van der Waals surface area (Å²) in [4.78, 5) is 9.24. The minimum Gasteiger partial charge on any atom is -0.279 e. The van der Waals surface area contributed by atoms with E-state index in [-0.39, 0.29) is 17.1 Å². The van der Waals surface area contributed by atoms with Crippen LogP contribution in [0.2, 0.25) is 0 Å². The number of carbonyl (C=O) groups is 1. The van der Waals surface area contributed by atoms with Crippen LogP contribution in [0.1, 0.15) is 0 Å². The summed E-state index contributed by atoms with van der Waals surface area (Å²) < 4.78 is 65.3. The number of hydrogen-bond acceptors (Lipinski definition) is 1. The summed E-state index contributed by atoms with van der Waals surface area (Å²) in [6.45, 7) is 0. The Kier molecular flexibility index (Phi) is 4.18. The molecule has 0 saturated carbocycles. The summed E-state index contributed by atoms with van der Waals surface area (Å²) in [5.74, 6) is -3.68. The van der Waals surface area contributed by atoms with Gasteiger partial charge in [-0.15, -0.1) is 0 Å². The molecule has 0 aliphatic heterocycles. The van der Waals surface area contributed by atoms with E-state index in [9.17, 15) is 31.1 Å². The SMILES string of the molecule is O=C(C(F)(F)F)C(F)(F)F.[Cu]. The van der Waals surface area contributed by atoms with E-state index in [0.717, 1.165) is 0 Å². The number of rotatable bonds is 0. The van der Waals surface area contributed by atoms with Crippen molar-refractivity contribution in [3.63, 3.8) is 0 Å². The zero-order chi connectivity index (χ0) is 8.58. The molecule has 0 bridgehead atoms. The number of alkyl halides is 6. The third-order valence-corrected chi connectivity index (χ3v) is 0.515. The zero-order valence-corrected chi connectivity index (χ0v) is 5.42. The Morgan fingerprint density at radius 3 is 1.00 bits per heavy atom. The average Bonchev–Trinajstić information content (AvgIpc) is 1.59. The Labute approximate surface area is 67.2 Å². The molecule has 8 heteroatoms. The van der Waals surface area contributed by atoms with E-state index in [1.54, 1.807) is 0 Å². The van der Waals surface area contributed by atoms with Crippen molar-refractivity contribution in [3.8, 4) is 0 Å². The normalized spacial score (nSPS) is 12.2. The molecule has 11 heavy (non-hydrogen) atoms. The second-order valence-electron chi connectivity index (χ2n) is 1.32. The van der Waals surface area contributed by atoms with E-state index >= 15 is 0 Å². The molecule has 0 amide bonds. The Hall–Kier alpha value is -0.231. The molecule has 0 spiro atoms. The molecule has 0 saturated heterocycles. The summed E-state index contributed by atoms with van der Waals surface area (Å²) in [6.07, 6.45) is -11.6. The second-order valence-corrected chi connectivity index (χ2v) is 1.32. The minimum atomic E-state index is -5.82. The summed E-state index contributed by atoms with van der Waals surface area (Å²) >= 11 is 0. The number of carbonyl (C=O) groups excluding carboxylic acids is 1. The van der Waals surface area contributed by atoms with Crippen LogP contribution in [0.4, 0.5) is 26.3 Å². The van der Waals surface area contributed by atoms with Gasteiger partial charge >= 0.3 is 18.1 Å². The van der Waals surface area contributed by atoms with Crippen LogP contribution in [0.3, 0.4) is 0 Å². The molecule has 1 radical (unpaired) electrons. The number of halogens is 6. The van der Waals surface area contributed by atoms with Gasteiger partial charge in [-0.05, 0) is 0 Å². The molecule has 1 nitrogen and oxygen atoms in total. The van der Waals surface area contributed by atoms with E-state index in [1.165, 1.54) is 0 Å². The second kappa shape index (κ2) is 3.44. The molecule has 71 valence electrons. The summed E-state index contributed by atoms with van der Waals surface area (Å²) in [5, 5.41) is 0. The van der Waals surface area contributed by atoms with Crippen molar-refractivity contribution < 1.29 is 48.2 Å². The van der Waals surface area contributed by atoms with E-state index < -0.39 is 18.1 Å². The zero-order valence-electron chi connectivity index (χ0n) is 4.48. The number of hydrogen-bond donors (Lipinski definition) is 0. The first-order valence-electron chi connectivity index (χ1n) is 1.84. The molecule has 0 atom stereocenters. The van der Waals surface area contributed by atoms with Gasteiger partial charge in [0.05, 0.1) is 0 Å². The standard InChI is InChI=1S/C3F6O.Cu/c4-2(5,6)1(10)3(7,8)9;. The molecular formula is C3CuF6O. The van der Waals surface area contributed by atoms with Gasteiger partial charge in [-0.2, -0.15) is 26.3 Å². The maximum absolute atomic E-state index is 10.9. The van der Waals surface area contributed by atoms with Gasteiger partial charge in [-0.25, -0.2) is 0 Å². The maximum Gasteiger partial charge on any atom is 0.459 e. The molecule has 0 aliphatic rings. The Morgan fingerprint density at radius 2 is 1.00 bits per heavy atom. The summed E-state index contributed by atoms with van der Waals surface area (Å²) in [5.41, 5.74) is 0. The van der Waals surface area contributed by atoms with Gasteiger partial charge in [0.2, 0.25) is 0 Å². The monoisotopic (exact) mass is 229 g/mol. The van der Waals surface area contributed by atoms with Crippen molar-refractivity contribution >= 4 is 5.78 Å². The maximum atomic E-state index is 10.9. The molecule has 0 fully saturated rings. The first-order valence-corrected chi connectivity index (χ1v) is 1.84. The van der Waals surface area contributed by atoms with Crippen molar-refractivity contribution in [2.24, 2.45) is 0 Å². The molecule has 0 aromatic heterocycles. The van der Waals surface area contributed by atoms with Gasteiger partial charge in [-0.1, -0.05) is 0 Å². The first-order chi connectivity index (χ1) is 4.15. The topological polar surface area (TPSA) is 17.1 Å². The fourth-order valence-electron chi connectivity index (χ4n) is 0.161. The molecule has 0 rings (SSSR count). The van der Waals surface area contributed by atoms with Gasteiger partial charge in [0.15, 0.2) is 0 Å². The van der Waals surface area contributed by atoms with E-state index in [2.05, 4.69) is 0 Å². The van der Waals surface area contributed by atoms with Crippen LogP contribution in [-0.2, 0) is 21.9 Å². The van der Waals surface area contributed by atoms with Gasteiger partial charge < -0.3 is 0 Å². The molecule has 0 heterocycles. The Morgan fingerprint density at radius 1 is 0.818 bits per heavy atom. The minimum absolute atomic E-state index is 0. The van der Waals surface area contributed by atoms with Crippen LogP contribution in [-0.4, -0.2) is 18.1 Å². The van der Waals surface area contributed by atoms with E-state index in [1.807, 2.05) is 0 Å². The molecular weight excluding hydrogens is 230 g/mol. The summed E-state index contributed by atoms with van der Waals surface area (Å²) in [6, 6.07) is 0. The molecule has 0 unspecified atom stereocenters. The van der Waals surface area contributed by atoms with Crippen LogP contribution >= 0.6 is 0 Å². The van der Waals surface area contributed by atoms with Crippen molar-refractivity contribution in [1.29, 1.82) is 0 Å². The fraction of sp³-hybridized carbons (Fsp3) is 0.667. The van der Waals surface area contributed by atoms with Crippen LogP contribution in [0, 0.1) is 0 Å². The van der Waals surface area contributed by atoms with Crippen LogP contribution in [0.25, 0.3) is 0 Å². The van der Waals surface area contributed by atoms with Crippen molar-refractivity contribution in [3.05, 3.63) is 0 Å². The smallest absolute Gasteiger partial charge is 0.279 e. The largest absolute Gasteiger partial charge is 0.459 e. The van der Waals surface area contributed by atoms with Crippen molar-refractivity contribution in [1.82, 2.24) is 0 Å². The summed E-state index contributed by atoms with van der Waals surface area (Å²) in [7, 11) is 0. The third kappa shape index (κ3) is 4.26. The predicted molar refractivity (Wildman–Crippen MR) is 17.1 cm³/mol. The Bertz CT molecular complexity index is 129. The van der Waals surface area contributed by atoms with Gasteiger partial charge in [0.25, 0.3) is 0 Å². The molecule has 0 aliphatic carbocycles. The number of ketones is 1. The van der Waals surface area contributed by atoms with Gasteiger partial charge in [0.1, 0.15) is 0 Å². The van der Waals surface area contributed by atoms with Crippen LogP contribution < -0.4 is 0 Å². The quantitative estimate of drug-likeness (QED) is 0.456. The van der Waals surface area contributed by atoms with Gasteiger partial charge in [0, 0.05) is 17.1 Å². The number of Topliss-reactive ketones (excluding diaryl/α,β-unsaturated/α-hetero) is 1. The van der Waals surface area contributed by atoms with Crippen molar-refractivity contribution in [2.45, 2.75) is 12.4 Å².